The van der Waals surface area contributed by atoms with Crippen molar-refractivity contribution in [1.82, 2.24) is 10.3 Å². The molecule has 0 saturated heterocycles. The van der Waals surface area contributed by atoms with Crippen LogP contribution in [0.2, 0.25) is 0 Å². The van der Waals surface area contributed by atoms with Crippen LogP contribution in [0.1, 0.15) is 49.4 Å². The van der Waals surface area contributed by atoms with Crippen molar-refractivity contribution in [2.24, 2.45) is 5.92 Å². The highest BCUT2D eigenvalue weighted by Crippen LogP contribution is 2.23. The van der Waals surface area contributed by atoms with Crippen LogP contribution in [-0.2, 0) is 0 Å². The van der Waals surface area contributed by atoms with Crippen molar-refractivity contribution < 1.29 is 9.72 Å². The molecule has 1 heterocycles. The molecular weight excluding hydrogens is 272 g/mol. The van der Waals surface area contributed by atoms with Gasteiger partial charge in [0.2, 0.25) is 0 Å². The molecule has 3 N–H and O–H groups in total. The van der Waals surface area contributed by atoms with Crippen LogP contribution in [-0.4, -0.2) is 21.9 Å². The minimum Gasteiger partial charge on any atom is -0.383 e. The molecule has 1 saturated carbocycles. The molecule has 1 fully saturated rings. The van der Waals surface area contributed by atoms with E-state index in [1.165, 1.54) is 12.5 Å². The summed E-state index contributed by atoms with van der Waals surface area (Å²) >= 11 is 0. The van der Waals surface area contributed by atoms with Crippen molar-refractivity contribution in [3.05, 3.63) is 27.9 Å². The van der Waals surface area contributed by atoms with Crippen LogP contribution in [0.15, 0.2) is 12.3 Å². The van der Waals surface area contributed by atoms with Gasteiger partial charge in [0, 0.05) is 12.1 Å². The molecular formula is C14H20N4O3. The average molecular weight is 292 g/mol. The quantitative estimate of drug-likeness (QED) is 0.504. The average Bonchev–Trinajstić information content (AvgIpc) is 2.64. The maximum absolute atomic E-state index is 12.2. The molecule has 1 aromatic heterocycles. The number of nitro groups is 1. The van der Waals surface area contributed by atoms with E-state index < -0.39 is 4.92 Å². The topological polar surface area (TPSA) is 111 Å². The zero-order valence-corrected chi connectivity index (χ0v) is 12.0. The molecule has 0 radical (unpaired) electrons. The lowest BCUT2D eigenvalue weighted by Crippen LogP contribution is -2.35. The number of aromatic nitrogens is 1. The molecule has 1 amide bonds. The standard InChI is InChI=1S/C14H20N4O3/c1-9-3-2-4-10(6-5-9)17-14(19)12-7-11(18(20)21)8-16-13(12)15/h7-10H,2-6H2,1H3,(H2,15,16)(H,17,19). The minimum absolute atomic E-state index is 0.0140. The van der Waals surface area contributed by atoms with Crippen molar-refractivity contribution >= 4 is 17.4 Å². The zero-order chi connectivity index (χ0) is 15.4. The van der Waals surface area contributed by atoms with Gasteiger partial charge in [-0.2, -0.15) is 0 Å². The third-order valence-electron chi connectivity index (χ3n) is 3.95. The van der Waals surface area contributed by atoms with Gasteiger partial charge < -0.3 is 11.1 Å². The molecule has 0 spiro atoms. The number of pyridine rings is 1. The molecule has 21 heavy (non-hydrogen) atoms. The van der Waals surface area contributed by atoms with Crippen LogP contribution in [0.5, 0.6) is 0 Å². The molecule has 7 nitrogen and oxygen atoms in total. The Morgan fingerprint density at radius 3 is 2.90 bits per heavy atom. The summed E-state index contributed by atoms with van der Waals surface area (Å²) in [6.07, 6.45) is 6.24. The number of carbonyl (C=O) groups excluding carboxylic acids is 1. The van der Waals surface area contributed by atoms with E-state index in [2.05, 4.69) is 17.2 Å². The van der Waals surface area contributed by atoms with E-state index in [1.54, 1.807) is 0 Å². The second-order valence-electron chi connectivity index (χ2n) is 5.67. The van der Waals surface area contributed by atoms with Gasteiger partial charge in [0.1, 0.15) is 12.0 Å². The number of nitrogens with zero attached hydrogens (tertiary/aromatic N) is 2. The predicted octanol–water partition coefficient (Wildman–Crippen LogP) is 2.27. The number of carbonyl (C=O) groups is 1. The van der Waals surface area contributed by atoms with E-state index in [1.807, 2.05) is 0 Å². The van der Waals surface area contributed by atoms with E-state index in [0.29, 0.717) is 5.92 Å². The van der Waals surface area contributed by atoms with Crippen molar-refractivity contribution in [2.75, 3.05) is 5.73 Å². The van der Waals surface area contributed by atoms with E-state index in [0.717, 1.165) is 31.9 Å². The van der Waals surface area contributed by atoms with Gasteiger partial charge in [-0.25, -0.2) is 4.98 Å². The van der Waals surface area contributed by atoms with Gasteiger partial charge in [-0.1, -0.05) is 19.8 Å². The van der Waals surface area contributed by atoms with E-state index >= 15 is 0 Å². The number of hydrogen-bond donors (Lipinski definition) is 2. The summed E-state index contributed by atoms with van der Waals surface area (Å²) in [6, 6.07) is 1.28. The number of amides is 1. The Hall–Kier alpha value is -2.18. The molecule has 114 valence electrons. The summed E-state index contributed by atoms with van der Waals surface area (Å²) in [5.41, 5.74) is 5.49. The van der Waals surface area contributed by atoms with Gasteiger partial charge >= 0.3 is 0 Å². The lowest BCUT2D eigenvalue weighted by molar-refractivity contribution is -0.385. The second kappa shape index (κ2) is 6.51. The molecule has 1 aliphatic rings. The van der Waals surface area contributed by atoms with E-state index in [4.69, 9.17) is 5.73 Å². The van der Waals surface area contributed by atoms with Crippen molar-refractivity contribution in [1.29, 1.82) is 0 Å². The van der Waals surface area contributed by atoms with Crippen molar-refractivity contribution in [3.8, 4) is 0 Å². The number of nitrogens with one attached hydrogen (secondary N) is 1. The summed E-state index contributed by atoms with van der Waals surface area (Å²) in [6.45, 7) is 2.21. The molecule has 1 aromatic rings. The summed E-state index contributed by atoms with van der Waals surface area (Å²) in [7, 11) is 0. The Morgan fingerprint density at radius 1 is 1.43 bits per heavy atom. The van der Waals surface area contributed by atoms with Gasteiger partial charge in [-0.05, 0) is 25.2 Å². The number of nitrogen functional groups attached to an aromatic ring is 1. The molecule has 7 heteroatoms. The highest BCUT2D eigenvalue weighted by molar-refractivity contribution is 5.99. The maximum Gasteiger partial charge on any atom is 0.288 e. The Bertz CT molecular complexity index is 547. The van der Waals surface area contributed by atoms with E-state index in [-0.39, 0.29) is 29.0 Å². The van der Waals surface area contributed by atoms with Crippen LogP contribution in [0.4, 0.5) is 11.5 Å². The molecule has 2 rings (SSSR count). The van der Waals surface area contributed by atoms with Crippen LogP contribution in [0.25, 0.3) is 0 Å². The lowest BCUT2D eigenvalue weighted by Gasteiger charge is -2.16. The molecule has 2 unspecified atom stereocenters. The van der Waals surface area contributed by atoms with Crippen LogP contribution >= 0.6 is 0 Å². The van der Waals surface area contributed by atoms with E-state index in [9.17, 15) is 14.9 Å². The number of hydrogen-bond acceptors (Lipinski definition) is 5. The highest BCUT2D eigenvalue weighted by Gasteiger charge is 2.21. The monoisotopic (exact) mass is 292 g/mol. The van der Waals surface area contributed by atoms with Crippen LogP contribution < -0.4 is 11.1 Å². The van der Waals surface area contributed by atoms with Gasteiger partial charge in [0.15, 0.2) is 0 Å². The second-order valence-corrected chi connectivity index (χ2v) is 5.67. The number of nitrogens with two attached hydrogens (primary N) is 1. The van der Waals surface area contributed by atoms with Gasteiger partial charge in [0.05, 0.1) is 10.5 Å². The Kier molecular flexibility index (Phi) is 4.72. The van der Waals surface area contributed by atoms with Crippen LogP contribution in [0, 0.1) is 16.0 Å². The lowest BCUT2D eigenvalue weighted by atomic mass is 10.0. The third-order valence-corrected chi connectivity index (χ3v) is 3.95. The molecule has 1 aliphatic carbocycles. The number of anilines is 1. The first-order valence-corrected chi connectivity index (χ1v) is 7.18. The molecule has 0 bridgehead atoms. The summed E-state index contributed by atoms with van der Waals surface area (Å²) in [4.78, 5) is 26.1. The molecule has 0 aromatic carbocycles. The van der Waals surface area contributed by atoms with Crippen molar-refractivity contribution in [2.45, 2.75) is 45.1 Å². The van der Waals surface area contributed by atoms with Gasteiger partial charge in [-0.3, -0.25) is 14.9 Å². The SMILES string of the molecule is CC1CCCC(NC(=O)c2cc([N+](=O)[O-])cnc2N)CC1. The fourth-order valence-corrected chi connectivity index (χ4v) is 2.64. The zero-order valence-electron chi connectivity index (χ0n) is 12.0. The Labute approximate surface area is 123 Å². The predicted molar refractivity (Wildman–Crippen MR) is 78.8 cm³/mol. The largest absolute Gasteiger partial charge is 0.383 e. The minimum atomic E-state index is -0.587. The molecule has 2 atom stereocenters. The van der Waals surface area contributed by atoms with Gasteiger partial charge in [0.25, 0.3) is 11.6 Å². The van der Waals surface area contributed by atoms with Crippen molar-refractivity contribution in [3.63, 3.8) is 0 Å². The maximum atomic E-state index is 12.2. The fourth-order valence-electron chi connectivity index (χ4n) is 2.64. The van der Waals surface area contributed by atoms with Crippen LogP contribution in [0.3, 0.4) is 0 Å². The molecule has 0 aliphatic heterocycles. The Balaban J connectivity index is 2.09. The first-order valence-electron chi connectivity index (χ1n) is 7.18. The summed E-state index contributed by atoms with van der Waals surface area (Å²) in [5, 5.41) is 13.7. The fraction of sp³-hybridized carbons (Fsp3) is 0.571. The summed E-state index contributed by atoms with van der Waals surface area (Å²) < 4.78 is 0. The normalized spacial score (nSPS) is 22.3. The first-order chi connectivity index (χ1) is 9.97. The first kappa shape index (κ1) is 15.2. The highest BCUT2D eigenvalue weighted by atomic mass is 16.6. The van der Waals surface area contributed by atoms with Gasteiger partial charge in [-0.15, -0.1) is 0 Å². The third kappa shape index (κ3) is 3.90. The smallest absolute Gasteiger partial charge is 0.288 e. The Morgan fingerprint density at radius 2 is 2.19 bits per heavy atom. The number of rotatable bonds is 3. The summed E-state index contributed by atoms with van der Waals surface area (Å²) in [5.74, 6) is 0.305.